The average Bonchev–Trinajstić information content (AvgIpc) is 3.22. The lowest BCUT2D eigenvalue weighted by atomic mass is 10.1. The van der Waals surface area contributed by atoms with E-state index in [1.807, 2.05) is 13.1 Å². The van der Waals surface area contributed by atoms with Crippen molar-refractivity contribution in [2.75, 3.05) is 12.4 Å². The SMILES string of the molecule is CNc1cc(C(=O)NC(C)C2CC2)cc(C(C)C)n1. The summed E-state index contributed by atoms with van der Waals surface area (Å²) in [5.74, 6) is 1.72. The van der Waals surface area contributed by atoms with Gasteiger partial charge in [-0.1, -0.05) is 13.8 Å². The Kier molecular flexibility index (Phi) is 4.08. The first-order chi connectivity index (χ1) is 9.01. The van der Waals surface area contributed by atoms with Gasteiger partial charge in [-0.3, -0.25) is 4.79 Å². The van der Waals surface area contributed by atoms with Crippen molar-refractivity contribution >= 4 is 11.7 Å². The lowest BCUT2D eigenvalue weighted by Gasteiger charge is -2.15. The zero-order chi connectivity index (χ0) is 14.0. The molecular weight excluding hydrogens is 238 g/mol. The number of anilines is 1. The second-order valence-corrected chi connectivity index (χ2v) is 5.67. The highest BCUT2D eigenvalue weighted by Gasteiger charge is 2.29. The molecule has 0 aliphatic heterocycles. The molecular formula is C15H23N3O. The molecule has 0 spiro atoms. The van der Waals surface area contributed by atoms with Crippen LogP contribution >= 0.6 is 0 Å². The van der Waals surface area contributed by atoms with Crippen molar-refractivity contribution in [3.8, 4) is 0 Å². The van der Waals surface area contributed by atoms with Gasteiger partial charge in [0.25, 0.3) is 5.91 Å². The minimum absolute atomic E-state index is 0.000185. The van der Waals surface area contributed by atoms with E-state index in [-0.39, 0.29) is 11.9 Å². The summed E-state index contributed by atoms with van der Waals surface area (Å²) in [5, 5.41) is 6.10. The molecule has 1 aliphatic rings. The fraction of sp³-hybridized carbons (Fsp3) is 0.600. The predicted molar refractivity (Wildman–Crippen MR) is 77.5 cm³/mol. The highest BCUT2D eigenvalue weighted by molar-refractivity contribution is 5.95. The number of hydrogen-bond acceptors (Lipinski definition) is 3. The monoisotopic (exact) mass is 261 g/mol. The Balaban J connectivity index is 2.17. The zero-order valence-electron chi connectivity index (χ0n) is 12.2. The minimum atomic E-state index is 0.000185. The summed E-state index contributed by atoms with van der Waals surface area (Å²) in [7, 11) is 1.82. The summed E-state index contributed by atoms with van der Waals surface area (Å²) >= 11 is 0. The van der Waals surface area contributed by atoms with Crippen molar-refractivity contribution in [2.45, 2.75) is 45.6 Å². The predicted octanol–water partition coefficient (Wildman–Crippen LogP) is 2.78. The van der Waals surface area contributed by atoms with Crippen molar-refractivity contribution in [1.29, 1.82) is 0 Å². The van der Waals surface area contributed by atoms with Crippen LogP contribution in [0.3, 0.4) is 0 Å². The summed E-state index contributed by atoms with van der Waals surface area (Å²) in [6.45, 7) is 6.24. The summed E-state index contributed by atoms with van der Waals surface area (Å²) in [5.41, 5.74) is 1.63. The van der Waals surface area contributed by atoms with E-state index in [2.05, 4.69) is 36.4 Å². The van der Waals surface area contributed by atoms with Crippen LogP contribution in [0, 0.1) is 5.92 Å². The summed E-state index contributed by atoms with van der Waals surface area (Å²) in [4.78, 5) is 16.7. The number of carbonyl (C=O) groups excluding carboxylic acids is 1. The molecule has 1 amide bonds. The van der Waals surface area contributed by atoms with Crippen LogP contribution in [0.5, 0.6) is 0 Å². The van der Waals surface area contributed by atoms with E-state index in [9.17, 15) is 4.79 Å². The first-order valence-electron chi connectivity index (χ1n) is 7.02. The molecule has 1 aromatic rings. The fourth-order valence-electron chi connectivity index (χ4n) is 2.11. The third-order valence-corrected chi connectivity index (χ3v) is 3.64. The molecule has 1 aliphatic carbocycles. The lowest BCUT2D eigenvalue weighted by molar-refractivity contribution is 0.0935. The average molecular weight is 261 g/mol. The third kappa shape index (κ3) is 3.46. The third-order valence-electron chi connectivity index (χ3n) is 3.64. The Hall–Kier alpha value is -1.58. The number of amides is 1. The molecule has 0 bridgehead atoms. The van der Waals surface area contributed by atoms with Gasteiger partial charge in [-0.05, 0) is 43.7 Å². The van der Waals surface area contributed by atoms with Crippen LogP contribution < -0.4 is 10.6 Å². The van der Waals surface area contributed by atoms with Gasteiger partial charge in [-0.15, -0.1) is 0 Å². The number of nitrogens with zero attached hydrogens (tertiary/aromatic N) is 1. The maximum absolute atomic E-state index is 12.3. The number of carbonyl (C=O) groups is 1. The molecule has 1 fully saturated rings. The topological polar surface area (TPSA) is 54.0 Å². The number of aromatic nitrogens is 1. The van der Waals surface area contributed by atoms with E-state index in [0.717, 1.165) is 11.5 Å². The number of nitrogens with one attached hydrogen (secondary N) is 2. The van der Waals surface area contributed by atoms with Gasteiger partial charge in [0.15, 0.2) is 0 Å². The molecule has 104 valence electrons. The van der Waals surface area contributed by atoms with E-state index in [1.54, 1.807) is 6.07 Å². The molecule has 4 nitrogen and oxygen atoms in total. The summed E-state index contributed by atoms with van der Waals surface area (Å²) < 4.78 is 0. The van der Waals surface area contributed by atoms with Crippen molar-refractivity contribution in [3.63, 3.8) is 0 Å². The maximum atomic E-state index is 12.3. The lowest BCUT2D eigenvalue weighted by Crippen LogP contribution is -2.34. The first kappa shape index (κ1) is 13.8. The van der Waals surface area contributed by atoms with Crippen LogP contribution in [0.25, 0.3) is 0 Å². The molecule has 1 heterocycles. The highest BCUT2D eigenvalue weighted by Crippen LogP contribution is 2.32. The van der Waals surface area contributed by atoms with Gasteiger partial charge in [0.05, 0.1) is 0 Å². The standard InChI is InChI=1S/C15H23N3O/c1-9(2)13-7-12(8-14(16-4)18-13)15(19)17-10(3)11-5-6-11/h7-11H,5-6H2,1-4H3,(H,16,18)(H,17,19). The van der Waals surface area contributed by atoms with E-state index in [0.29, 0.717) is 17.4 Å². The highest BCUT2D eigenvalue weighted by atomic mass is 16.1. The van der Waals surface area contributed by atoms with Crippen molar-refractivity contribution in [1.82, 2.24) is 10.3 Å². The van der Waals surface area contributed by atoms with Crippen LogP contribution in [0.1, 0.15) is 55.6 Å². The van der Waals surface area contributed by atoms with Gasteiger partial charge in [-0.2, -0.15) is 0 Å². The van der Waals surface area contributed by atoms with Crippen molar-refractivity contribution in [2.24, 2.45) is 5.92 Å². The van der Waals surface area contributed by atoms with Crippen molar-refractivity contribution in [3.05, 3.63) is 23.4 Å². The van der Waals surface area contributed by atoms with Crippen LogP contribution in [-0.2, 0) is 0 Å². The van der Waals surface area contributed by atoms with E-state index >= 15 is 0 Å². The van der Waals surface area contributed by atoms with Gasteiger partial charge in [0.2, 0.25) is 0 Å². The van der Waals surface area contributed by atoms with Crippen LogP contribution in [-0.4, -0.2) is 24.0 Å². The Bertz CT molecular complexity index is 466. The number of hydrogen-bond donors (Lipinski definition) is 2. The zero-order valence-corrected chi connectivity index (χ0v) is 12.2. The molecule has 19 heavy (non-hydrogen) atoms. The number of rotatable bonds is 5. The normalized spacial score (nSPS) is 16.3. The quantitative estimate of drug-likeness (QED) is 0.857. The molecule has 4 heteroatoms. The summed E-state index contributed by atoms with van der Waals surface area (Å²) in [6.07, 6.45) is 2.47. The molecule has 2 rings (SSSR count). The molecule has 0 saturated heterocycles. The first-order valence-corrected chi connectivity index (χ1v) is 7.02. The second kappa shape index (κ2) is 5.59. The Labute approximate surface area is 115 Å². The van der Waals surface area contributed by atoms with Gasteiger partial charge in [-0.25, -0.2) is 4.98 Å². The van der Waals surface area contributed by atoms with E-state index in [1.165, 1.54) is 12.8 Å². The van der Waals surface area contributed by atoms with E-state index < -0.39 is 0 Å². The Morgan fingerprint density at radius 2 is 2.00 bits per heavy atom. The largest absolute Gasteiger partial charge is 0.373 e. The second-order valence-electron chi connectivity index (χ2n) is 5.67. The maximum Gasteiger partial charge on any atom is 0.251 e. The molecule has 2 N–H and O–H groups in total. The fourth-order valence-corrected chi connectivity index (χ4v) is 2.11. The molecule has 0 radical (unpaired) electrons. The Morgan fingerprint density at radius 3 is 2.53 bits per heavy atom. The van der Waals surface area contributed by atoms with Crippen molar-refractivity contribution < 1.29 is 4.79 Å². The number of pyridine rings is 1. The van der Waals surface area contributed by atoms with Crippen LogP contribution in [0.4, 0.5) is 5.82 Å². The molecule has 1 atom stereocenters. The molecule has 1 saturated carbocycles. The van der Waals surface area contributed by atoms with Crippen LogP contribution in [0.2, 0.25) is 0 Å². The summed E-state index contributed by atoms with van der Waals surface area (Å²) in [6, 6.07) is 3.96. The van der Waals surface area contributed by atoms with E-state index in [4.69, 9.17) is 0 Å². The minimum Gasteiger partial charge on any atom is -0.373 e. The van der Waals surface area contributed by atoms with Gasteiger partial charge in [0, 0.05) is 24.3 Å². The van der Waals surface area contributed by atoms with Gasteiger partial charge in [0.1, 0.15) is 5.82 Å². The smallest absolute Gasteiger partial charge is 0.251 e. The molecule has 1 unspecified atom stereocenters. The van der Waals surface area contributed by atoms with Gasteiger partial charge < -0.3 is 10.6 Å². The van der Waals surface area contributed by atoms with Crippen LogP contribution in [0.15, 0.2) is 12.1 Å². The molecule has 0 aromatic carbocycles. The molecule has 1 aromatic heterocycles. The Morgan fingerprint density at radius 1 is 1.32 bits per heavy atom. The van der Waals surface area contributed by atoms with Gasteiger partial charge >= 0.3 is 0 Å².